The number of allylic oxidation sites excluding steroid dienone is 2. The van der Waals surface area contributed by atoms with Gasteiger partial charge in [-0.15, -0.1) is 0 Å². The van der Waals surface area contributed by atoms with Crippen molar-refractivity contribution in [2.45, 2.75) is 26.4 Å². The maximum Gasteiger partial charge on any atom is 0.192 e. The Bertz CT molecular complexity index is 904. The van der Waals surface area contributed by atoms with Crippen LogP contribution in [0.5, 0.6) is 0 Å². The van der Waals surface area contributed by atoms with Crippen LogP contribution >= 0.6 is 15.9 Å². The van der Waals surface area contributed by atoms with Gasteiger partial charge in [0, 0.05) is 33.4 Å². The third-order valence-electron chi connectivity index (χ3n) is 4.48. The summed E-state index contributed by atoms with van der Waals surface area (Å²) in [5.74, 6) is 0.0941. The fraction of sp³-hybridized carbons (Fsp3) is 0.238. The van der Waals surface area contributed by atoms with Gasteiger partial charge in [0.05, 0.1) is 0 Å². The van der Waals surface area contributed by atoms with Gasteiger partial charge in [-0.2, -0.15) is 0 Å². The topological polar surface area (TPSA) is 42.0 Å². The molecule has 3 nitrogen and oxygen atoms in total. The Labute approximate surface area is 161 Å². The number of nitrogens with one attached hydrogen (secondary N) is 1. The lowest BCUT2D eigenvalue weighted by Gasteiger charge is -2.32. The molecule has 1 atom stereocenters. The van der Waals surface area contributed by atoms with E-state index < -0.39 is 17.4 Å². The monoisotopic (exact) mass is 414 g/mol. The number of pyridine rings is 1. The van der Waals surface area contributed by atoms with Crippen molar-refractivity contribution >= 4 is 33.1 Å². The van der Waals surface area contributed by atoms with Gasteiger partial charge in [-0.25, -0.2) is 9.37 Å². The van der Waals surface area contributed by atoms with E-state index in [1.807, 2.05) is 36.4 Å². The molecule has 0 spiro atoms. The molecule has 0 bridgehead atoms. The summed E-state index contributed by atoms with van der Waals surface area (Å²) in [6.07, 6.45) is 1.97. The first kappa shape index (κ1) is 18.5. The highest BCUT2D eigenvalue weighted by molar-refractivity contribution is 9.10. The van der Waals surface area contributed by atoms with E-state index in [0.29, 0.717) is 17.9 Å². The number of hydrogen-bond donors (Lipinski definition) is 1. The van der Waals surface area contributed by atoms with Crippen LogP contribution < -0.4 is 5.32 Å². The number of anilines is 1. The van der Waals surface area contributed by atoms with Gasteiger partial charge >= 0.3 is 0 Å². The van der Waals surface area contributed by atoms with Crippen molar-refractivity contribution in [1.29, 1.82) is 0 Å². The van der Waals surface area contributed by atoms with E-state index in [2.05, 4.69) is 32.8 Å². The fourth-order valence-corrected chi connectivity index (χ4v) is 3.47. The van der Waals surface area contributed by atoms with Crippen molar-refractivity contribution in [2.24, 2.45) is 5.41 Å². The summed E-state index contributed by atoms with van der Waals surface area (Å²) in [4.78, 5) is 16.4. The van der Waals surface area contributed by atoms with Crippen molar-refractivity contribution < 1.29 is 9.18 Å². The van der Waals surface area contributed by atoms with Crippen molar-refractivity contribution in [3.63, 3.8) is 0 Å². The summed E-state index contributed by atoms with van der Waals surface area (Å²) in [6, 6.07) is 11.6. The van der Waals surface area contributed by atoms with Gasteiger partial charge in [0.15, 0.2) is 12.0 Å². The third-order valence-corrected chi connectivity index (χ3v) is 4.98. The number of benzene rings is 1. The predicted molar refractivity (Wildman–Crippen MR) is 107 cm³/mol. The van der Waals surface area contributed by atoms with Crippen LogP contribution in [-0.2, 0) is 4.79 Å². The van der Waals surface area contributed by atoms with E-state index >= 15 is 0 Å². The van der Waals surface area contributed by atoms with E-state index in [-0.39, 0.29) is 0 Å². The maximum atomic E-state index is 14.1. The summed E-state index contributed by atoms with van der Waals surface area (Å²) < 4.78 is 15.0. The van der Waals surface area contributed by atoms with Gasteiger partial charge in [-0.3, -0.25) is 4.79 Å². The smallest absolute Gasteiger partial charge is 0.192 e. The average Bonchev–Trinajstić information content (AvgIpc) is 2.59. The molecule has 1 N–H and O–H groups in total. The minimum Gasteiger partial charge on any atom is -0.343 e. The van der Waals surface area contributed by atoms with Gasteiger partial charge in [-0.1, -0.05) is 48.5 Å². The third kappa shape index (κ3) is 3.78. The second-order valence-electron chi connectivity index (χ2n) is 7.11. The van der Waals surface area contributed by atoms with Crippen LogP contribution in [0.15, 0.2) is 65.4 Å². The minimum atomic E-state index is -1.48. The molecular weight excluding hydrogens is 395 g/mol. The second-order valence-corrected chi connectivity index (χ2v) is 8.03. The van der Waals surface area contributed by atoms with Gasteiger partial charge in [0.2, 0.25) is 0 Å². The highest BCUT2D eigenvalue weighted by Gasteiger charge is 2.39. The number of rotatable bonds is 4. The predicted octanol–water partition coefficient (Wildman–Crippen LogP) is 5.54. The standard InChI is InChI=1S/C21H20BrFN2O/c1-13(14-6-4-7-15(22)10-14)17-8-5-9-24-20(17)25-16-11-18(26)19(23)21(2,3)12-16/h4-11,19H,1,12H2,2-3H3,(H,24,25). The zero-order chi connectivity index (χ0) is 18.9. The quantitative estimate of drug-likeness (QED) is 0.713. The van der Waals surface area contributed by atoms with E-state index in [0.717, 1.165) is 21.2 Å². The van der Waals surface area contributed by atoms with E-state index in [1.165, 1.54) is 6.08 Å². The number of carbonyl (C=O) groups is 1. The molecule has 0 saturated heterocycles. The molecule has 1 aliphatic rings. The lowest BCUT2D eigenvalue weighted by molar-refractivity contribution is -0.123. The van der Waals surface area contributed by atoms with Crippen molar-refractivity contribution in [3.8, 4) is 0 Å². The summed E-state index contributed by atoms with van der Waals surface area (Å²) >= 11 is 3.47. The first-order chi connectivity index (χ1) is 12.3. The number of ketones is 1. The number of alkyl halides is 1. The Morgan fingerprint density at radius 1 is 1.35 bits per heavy atom. The van der Waals surface area contributed by atoms with Crippen LogP contribution in [0.3, 0.4) is 0 Å². The first-order valence-corrected chi connectivity index (χ1v) is 9.13. The highest BCUT2D eigenvalue weighted by Crippen LogP contribution is 2.37. The van der Waals surface area contributed by atoms with Gasteiger partial charge in [-0.05, 0) is 41.8 Å². The Hall–Kier alpha value is -2.27. The second kappa shape index (κ2) is 7.16. The van der Waals surface area contributed by atoms with Crippen molar-refractivity contribution in [3.05, 3.63) is 76.5 Å². The molecule has 1 aromatic heterocycles. The summed E-state index contributed by atoms with van der Waals surface area (Å²) in [5, 5.41) is 3.21. The van der Waals surface area contributed by atoms with Crippen LogP contribution in [0.2, 0.25) is 0 Å². The molecule has 26 heavy (non-hydrogen) atoms. The summed E-state index contributed by atoms with van der Waals surface area (Å²) in [5.41, 5.74) is 2.53. The Balaban J connectivity index is 1.92. The highest BCUT2D eigenvalue weighted by atomic mass is 79.9. The number of aromatic nitrogens is 1. The van der Waals surface area contributed by atoms with E-state index in [4.69, 9.17) is 0 Å². The lowest BCUT2D eigenvalue weighted by atomic mass is 9.77. The molecule has 134 valence electrons. The molecule has 0 amide bonds. The van der Waals surface area contributed by atoms with Crippen LogP contribution in [-0.4, -0.2) is 16.9 Å². The normalized spacial score (nSPS) is 19.0. The number of carbonyl (C=O) groups excluding carboxylic acids is 1. The molecule has 5 heteroatoms. The van der Waals surface area contributed by atoms with Gasteiger partial charge in [0.1, 0.15) is 5.82 Å². The molecule has 1 heterocycles. The Morgan fingerprint density at radius 2 is 2.12 bits per heavy atom. The zero-order valence-electron chi connectivity index (χ0n) is 14.7. The lowest BCUT2D eigenvalue weighted by Crippen LogP contribution is -2.37. The van der Waals surface area contributed by atoms with E-state index in [9.17, 15) is 9.18 Å². The van der Waals surface area contributed by atoms with Crippen molar-refractivity contribution in [2.75, 3.05) is 5.32 Å². The van der Waals surface area contributed by atoms with Crippen LogP contribution in [0.4, 0.5) is 10.2 Å². The molecule has 0 radical (unpaired) electrons. The maximum absolute atomic E-state index is 14.1. The molecule has 1 aliphatic carbocycles. The largest absolute Gasteiger partial charge is 0.343 e. The zero-order valence-corrected chi connectivity index (χ0v) is 16.3. The Kier molecular flexibility index (Phi) is 5.10. The first-order valence-electron chi connectivity index (χ1n) is 8.34. The molecule has 0 saturated carbocycles. The Morgan fingerprint density at radius 3 is 2.81 bits per heavy atom. The van der Waals surface area contributed by atoms with E-state index in [1.54, 1.807) is 20.0 Å². The fourth-order valence-electron chi connectivity index (χ4n) is 3.07. The molecular formula is C21H20BrFN2O. The molecule has 1 aromatic carbocycles. The van der Waals surface area contributed by atoms with Crippen molar-refractivity contribution in [1.82, 2.24) is 4.98 Å². The molecule has 3 rings (SSSR count). The van der Waals surface area contributed by atoms with Gasteiger partial charge < -0.3 is 5.32 Å². The summed E-state index contributed by atoms with van der Waals surface area (Å²) in [7, 11) is 0. The SMILES string of the molecule is C=C(c1cccc(Br)c1)c1cccnc1NC1=CC(=O)C(F)C(C)(C)C1. The molecule has 1 unspecified atom stereocenters. The average molecular weight is 415 g/mol. The van der Waals surface area contributed by atoms with Crippen LogP contribution in [0.25, 0.3) is 5.57 Å². The molecule has 2 aromatic rings. The van der Waals surface area contributed by atoms with Crippen LogP contribution in [0.1, 0.15) is 31.4 Å². The number of halogens is 2. The molecule has 0 aliphatic heterocycles. The molecule has 0 fully saturated rings. The number of hydrogen-bond acceptors (Lipinski definition) is 3. The van der Waals surface area contributed by atoms with Crippen LogP contribution in [0, 0.1) is 5.41 Å². The van der Waals surface area contributed by atoms with Gasteiger partial charge in [0.25, 0.3) is 0 Å². The number of nitrogens with zero attached hydrogens (tertiary/aromatic N) is 1. The summed E-state index contributed by atoms with van der Waals surface area (Å²) in [6.45, 7) is 7.71. The minimum absolute atomic E-state index is 0.430.